The molecule has 0 aromatic rings. The predicted octanol–water partition coefficient (Wildman–Crippen LogP) is 2.10. The van der Waals surface area contributed by atoms with Crippen molar-refractivity contribution in [2.24, 2.45) is 0 Å². The van der Waals surface area contributed by atoms with Crippen molar-refractivity contribution in [2.45, 2.75) is 0 Å². The van der Waals surface area contributed by atoms with Crippen LogP contribution in [0.3, 0.4) is 0 Å². The first kappa shape index (κ1) is 66.9. The van der Waals surface area contributed by atoms with E-state index in [9.17, 15) is 0 Å². The van der Waals surface area contributed by atoms with Gasteiger partial charge in [-0.1, -0.05) is 0 Å². The van der Waals surface area contributed by atoms with E-state index in [0.29, 0.717) is 0 Å². The van der Waals surface area contributed by atoms with Crippen LogP contribution in [0.15, 0.2) is 13.2 Å². The van der Waals surface area contributed by atoms with Crippen molar-refractivity contribution in [3.63, 3.8) is 0 Å². The van der Waals surface area contributed by atoms with Crippen molar-refractivity contribution in [3.05, 3.63) is 13.2 Å². The molecule has 58 valence electrons. The maximum absolute atomic E-state index is 7.00. The highest BCUT2D eigenvalue weighted by Crippen LogP contribution is 0.862. The zero-order valence-electron chi connectivity index (χ0n) is 4.49. The molecule has 0 bridgehead atoms. The molecule has 0 aliphatic heterocycles. The predicted molar refractivity (Wildman–Crippen MR) is 48.4 cm³/mol. The first-order chi connectivity index (χ1) is 2.00. The number of rotatable bonds is 0. The highest BCUT2D eigenvalue weighted by atomic mass is 35.5. The van der Waals surface area contributed by atoms with E-state index in [4.69, 9.17) is 5.11 Å². The van der Waals surface area contributed by atoms with Gasteiger partial charge in [-0.15, -0.1) is 62.8 Å². The summed E-state index contributed by atoms with van der Waals surface area (Å²) in [6.45, 7) is 6.00. The van der Waals surface area contributed by atoms with E-state index in [-0.39, 0.29) is 49.6 Å². The SMILES string of the molecule is C=C.CO.Cl.Cl.Cl.Cl. The summed E-state index contributed by atoms with van der Waals surface area (Å²) >= 11 is 0. The average Bonchev–Trinajstić information content (AvgIpc) is 1.50. The molecule has 0 saturated carbocycles. The molecule has 0 amide bonds. The average molecular weight is 206 g/mol. The van der Waals surface area contributed by atoms with E-state index in [1.807, 2.05) is 0 Å². The second kappa shape index (κ2) is 500. The quantitative estimate of drug-likeness (QED) is 0.601. The first-order valence-corrected chi connectivity index (χ1v) is 0.947. The third kappa shape index (κ3) is 319. The van der Waals surface area contributed by atoms with Crippen LogP contribution in [0.2, 0.25) is 0 Å². The Kier molecular flexibility index (Phi) is 4180. The van der Waals surface area contributed by atoms with Gasteiger partial charge in [0.25, 0.3) is 0 Å². The molecule has 0 fully saturated rings. The maximum Gasteiger partial charge on any atom is 0.0319 e. The number of aliphatic hydroxyl groups excluding tert-OH is 1. The lowest BCUT2D eigenvalue weighted by Crippen LogP contribution is -1.25. The summed E-state index contributed by atoms with van der Waals surface area (Å²) in [7, 11) is 1.00. The zero-order chi connectivity index (χ0) is 4.00. The molecule has 0 radical (unpaired) electrons. The normalized spacial score (nSPS) is 1.25. The fraction of sp³-hybridized carbons (Fsp3) is 0.333. The van der Waals surface area contributed by atoms with Gasteiger partial charge in [-0.2, -0.15) is 0 Å². The highest BCUT2D eigenvalue weighted by molar-refractivity contribution is 5.86. The Labute approximate surface area is 75.2 Å². The summed E-state index contributed by atoms with van der Waals surface area (Å²) in [6, 6.07) is 0. The fourth-order valence-corrected chi connectivity index (χ4v) is 0. The minimum absolute atomic E-state index is 0. The van der Waals surface area contributed by atoms with E-state index in [1.54, 1.807) is 0 Å². The molecule has 0 saturated heterocycles. The number of hydrogen-bond acceptors (Lipinski definition) is 1. The zero-order valence-corrected chi connectivity index (χ0v) is 7.76. The van der Waals surface area contributed by atoms with Crippen molar-refractivity contribution in [1.29, 1.82) is 0 Å². The summed E-state index contributed by atoms with van der Waals surface area (Å²) in [5.74, 6) is 0. The summed E-state index contributed by atoms with van der Waals surface area (Å²) in [6.07, 6.45) is 0. The van der Waals surface area contributed by atoms with Gasteiger partial charge in [0.1, 0.15) is 0 Å². The Morgan fingerprint density at radius 1 is 0.750 bits per heavy atom. The van der Waals surface area contributed by atoms with Crippen LogP contribution in [0.25, 0.3) is 0 Å². The largest absolute Gasteiger partial charge is 0.400 e. The molecule has 0 rings (SSSR count). The van der Waals surface area contributed by atoms with Crippen molar-refractivity contribution in [3.8, 4) is 0 Å². The Morgan fingerprint density at radius 2 is 0.750 bits per heavy atom. The maximum atomic E-state index is 7.00. The molecule has 8 heavy (non-hydrogen) atoms. The summed E-state index contributed by atoms with van der Waals surface area (Å²) < 4.78 is 0. The van der Waals surface area contributed by atoms with Crippen LogP contribution in [0, 0.1) is 0 Å². The Morgan fingerprint density at radius 3 is 0.750 bits per heavy atom. The molecule has 0 unspecified atom stereocenters. The van der Waals surface area contributed by atoms with Gasteiger partial charge in [0.15, 0.2) is 0 Å². The number of aliphatic hydroxyl groups is 1. The van der Waals surface area contributed by atoms with Gasteiger partial charge in [-0.25, -0.2) is 0 Å². The van der Waals surface area contributed by atoms with Gasteiger partial charge in [0, 0.05) is 7.11 Å². The van der Waals surface area contributed by atoms with Crippen LogP contribution < -0.4 is 0 Å². The van der Waals surface area contributed by atoms with Gasteiger partial charge >= 0.3 is 0 Å². The molecule has 0 aliphatic rings. The van der Waals surface area contributed by atoms with Crippen LogP contribution in [0.1, 0.15) is 0 Å². The van der Waals surface area contributed by atoms with Crippen molar-refractivity contribution >= 4 is 49.6 Å². The molecule has 0 aromatic carbocycles. The second-order valence-corrected chi connectivity index (χ2v) is 0. The Balaban J connectivity index is -0.00000000167. The lowest BCUT2D eigenvalue weighted by molar-refractivity contribution is 0.399. The van der Waals surface area contributed by atoms with Gasteiger partial charge in [0.2, 0.25) is 0 Å². The molecule has 0 spiro atoms. The minimum Gasteiger partial charge on any atom is -0.400 e. The first-order valence-electron chi connectivity index (χ1n) is 0.947. The fourth-order valence-electron chi connectivity index (χ4n) is 0. The van der Waals surface area contributed by atoms with E-state index in [2.05, 4.69) is 13.2 Å². The van der Waals surface area contributed by atoms with Crippen LogP contribution in [0.5, 0.6) is 0 Å². The molecular weight excluding hydrogens is 194 g/mol. The third-order valence-corrected chi connectivity index (χ3v) is 0. The van der Waals surface area contributed by atoms with Crippen LogP contribution in [-0.2, 0) is 0 Å². The number of halogens is 4. The molecule has 1 N–H and O–H groups in total. The van der Waals surface area contributed by atoms with Gasteiger partial charge < -0.3 is 5.11 Å². The van der Waals surface area contributed by atoms with E-state index >= 15 is 0 Å². The van der Waals surface area contributed by atoms with Gasteiger partial charge in [-0.05, 0) is 0 Å². The standard InChI is InChI=1S/C2H4.CH4O.4ClH/c2*1-2;;;;/h1-2H2;2H,1H3;4*1H. The molecule has 0 aromatic heterocycles. The van der Waals surface area contributed by atoms with Crippen molar-refractivity contribution in [2.75, 3.05) is 7.11 Å². The van der Waals surface area contributed by atoms with Gasteiger partial charge in [0.05, 0.1) is 0 Å². The van der Waals surface area contributed by atoms with E-state index < -0.39 is 0 Å². The molecule has 0 aliphatic carbocycles. The second-order valence-electron chi connectivity index (χ2n) is 0. The van der Waals surface area contributed by atoms with E-state index in [0.717, 1.165) is 7.11 Å². The smallest absolute Gasteiger partial charge is 0.0319 e. The molecule has 1 nitrogen and oxygen atoms in total. The molecule has 0 atom stereocenters. The lowest BCUT2D eigenvalue weighted by atomic mass is 11.3. The highest BCUT2D eigenvalue weighted by Gasteiger charge is 0.839. The van der Waals surface area contributed by atoms with Crippen LogP contribution in [-0.4, -0.2) is 12.2 Å². The van der Waals surface area contributed by atoms with Gasteiger partial charge in [-0.3, -0.25) is 0 Å². The Bertz CT molecular complexity index is 11.2. The summed E-state index contributed by atoms with van der Waals surface area (Å²) in [5, 5.41) is 7.00. The minimum atomic E-state index is 0. The van der Waals surface area contributed by atoms with Crippen molar-refractivity contribution in [1.82, 2.24) is 0 Å². The summed E-state index contributed by atoms with van der Waals surface area (Å²) in [5.41, 5.74) is 0. The summed E-state index contributed by atoms with van der Waals surface area (Å²) in [4.78, 5) is 0. The lowest BCUT2D eigenvalue weighted by Gasteiger charge is -1.21. The van der Waals surface area contributed by atoms with Crippen LogP contribution >= 0.6 is 49.6 Å². The van der Waals surface area contributed by atoms with Crippen molar-refractivity contribution < 1.29 is 5.11 Å². The molecular formula is C3H12Cl4O. The molecule has 5 heteroatoms. The monoisotopic (exact) mass is 204 g/mol. The Hall–Kier alpha value is 0.860. The molecule has 0 heterocycles. The third-order valence-electron chi connectivity index (χ3n) is 0. The van der Waals surface area contributed by atoms with Crippen LogP contribution in [0.4, 0.5) is 0 Å². The van der Waals surface area contributed by atoms with E-state index in [1.165, 1.54) is 0 Å². The topological polar surface area (TPSA) is 20.2 Å². The number of hydrogen-bond donors (Lipinski definition) is 1.